The summed E-state index contributed by atoms with van der Waals surface area (Å²) in [6, 6.07) is 7.07. The molecule has 1 N–H and O–H groups in total. The van der Waals surface area contributed by atoms with Gasteiger partial charge in [-0.3, -0.25) is 14.5 Å². The molecule has 0 saturated carbocycles. The van der Waals surface area contributed by atoms with Crippen LogP contribution >= 0.6 is 0 Å². The van der Waals surface area contributed by atoms with Gasteiger partial charge in [-0.05, 0) is 30.7 Å². The van der Waals surface area contributed by atoms with Crippen LogP contribution in [0, 0.1) is 11.8 Å². The molecule has 1 aromatic rings. The van der Waals surface area contributed by atoms with Gasteiger partial charge in [0.1, 0.15) is 5.75 Å². The lowest BCUT2D eigenvalue weighted by Crippen LogP contribution is -2.44. The van der Waals surface area contributed by atoms with Crippen LogP contribution in [0.4, 0.5) is 0 Å². The summed E-state index contributed by atoms with van der Waals surface area (Å²) in [7, 11) is -2.04. The number of nitrogens with one attached hydrogen (secondary N) is 1. The molecule has 7 nitrogen and oxygen atoms in total. The average molecular weight is 364 g/mol. The molecule has 1 saturated heterocycles. The first-order chi connectivity index (χ1) is 11.9. The predicted octanol–water partition coefficient (Wildman–Crippen LogP) is 0.505. The molecular weight excluding hydrogens is 344 g/mol. The molecule has 134 valence electrons. The number of likely N-dealkylation sites (tertiary alicyclic amines) is 1. The second kappa shape index (κ2) is 8.65. The average Bonchev–Trinajstić information content (AvgIpc) is 2.59. The molecule has 0 aliphatic carbocycles. The van der Waals surface area contributed by atoms with E-state index in [2.05, 4.69) is 16.6 Å². The van der Waals surface area contributed by atoms with Gasteiger partial charge >= 0.3 is 0 Å². The maximum atomic E-state index is 11.9. The van der Waals surface area contributed by atoms with Crippen LogP contribution in [0.15, 0.2) is 24.3 Å². The molecule has 0 atom stereocenters. The van der Waals surface area contributed by atoms with Crippen LogP contribution in [-0.2, 0) is 19.6 Å². The van der Waals surface area contributed by atoms with E-state index in [4.69, 9.17) is 4.74 Å². The van der Waals surface area contributed by atoms with Crippen molar-refractivity contribution in [3.63, 3.8) is 0 Å². The Morgan fingerprint density at radius 2 is 1.80 bits per heavy atom. The highest BCUT2D eigenvalue weighted by Gasteiger charge is 2.26. The first-order valence-corrected chi connectivity index (χ1v) is 9.50. The lowest BCUT2D eigenvalue weighted by Gasteiger charge is -2.24. The van der Waals surface area contributed by atoms with Crippen LogP contribution in [0.25, 0.3) is 0 Å². The van der Waals surface area contributed by atoms with Crippen LogP contribution in [0.3, 0.4) is 0 Å². The van der Waals surface area contributed by atoms with Crippen LogP contribution in [0.2, 0.25) is 0 Å². The third-order valence-electron chi connectivity index (χ3n) is 3.67. The van der Waals surface area contributed by atoms with Gasteiger partial charge in [-0.2, -0.15) is 0 Å². The van der Waals surface area contributed by atoms with Gasteiger partial charge in [-0.1, -0.05) is 11.8 Å². The zero-order valence-corrected chi connectivity index (χ0v) is 14.8. The van der Waals surface area contributed by atoms with Gasteiger partial charge in [-0.15, -0.1) is 0 Å². The highest BCUT2D eigenvalue weighted by Crippen LogP contribution is 2.12. The zero-order valence-electron chi connectivity index (χ0n) is 13.9. The van der Waals surface area contributed by atoms with E-state index >= 15 is 0 Å². The SMILES string of the molecule is COc1ccc(C#CCNS(=O)(=O)CCN2C(=O)CCCC2=O)cc1. The lowest BCUT2D eigenvalue weighted by atomic mass is 10.1. The quantitative estimate of drug-likeness (QED) is 0.586. The van der Waals surface area contributed by atoms with E-state index in [1.54, 1.807) is 31.4 Å². The van der Waals surface area contributed by atoms with Gasteiger partial charge in [0, 0.05) is 24.9 Å². The van der Waals surface area contributed by atoms with E-state index < -0.39 is 10.0 Å². The van der Waals surface area contributed by atoms with E-state index in [9.17, 15) is 18.0 Å². The van der Waals surface area contributed by atoms with Gasteiger partial charge in [0.15, 0.2) is 0 Å². The van der Waals surface area contributed by atoms with Crippen molar-refractivity contribution in [1.29, 1.82) is 0 Å². The monoisotopic (exact) mass is 364 g/mol. The molecule has 0 radical (unpaired) electrons. The third kappa shape index (κ3) is 5.89. The molecule has 2 amide bonds. The van der Waals surface area contributed by atoms with Crippen molar-refractivity contribution in [2.24, 2.45) is 0 Å². The number of imide groups is 1. The zero-order chi connectivity index (χ0) is 18.3. The van der Waals surface area contributed by atoms with Crippen molar-refractivity contribution in [3.8, 4) is 17.6 Å². The van der Waals surface area contributed by atoms with Crippen molar-refractivity contribution < 1.29 is 22.7 Å². The third-order valence-corrected chi connectivity index (χ3v) is 4.97. The number of carbonyl (C=O) groups excluding carboxylic acids is 2. The summed E-state index contributed by atoms with van der Waals surface area (Å²) in [6.45, 7) is -0.171. The summed E-state index contributed by atoms with van der Waals surface area (Å²) < 4.78 is 31.3. The van der Waals surface area contributed by atoms with Gasteiger partial charge in [-0.25, -0.2) is 13.1 Å². The van der Waals surface area contributed by atoms with Crippen molar-refractivity contribution in [1.82, 2.24) is 9.62 Å². The lowest BCUT2D eigenvalue weighted by molar-refractivity contribution is -0.147. The van der Waals surface area contributed by atoms with Crippen LogP contribution in [-0.4, -0.2) is 51.1 Å². The standard InChI is InChI=1S/C17H20N2O5S/c1-24-15-9-7-14(8-10-15)4-3-11-18-25(22,23)13-12-19-16(20)5-2-6-17(19)21/h7-10,18H,2,5-6,11-13H2,1H3. The Hall–Kier alpha value is -2.37. The second-order valence-corrected chi connectivity index (χ2v) is 7.39. The fourth-order valence-corrected chi connectivity index (χ4v) is 3.16. The fraction of sp³-hybridized carbons (Fsp3) is 0.412. The molecular formula is C17H20N2O5S. The molecule has 1 aliphatic heterocycles. The number of nitrogens with zero attached hydrogens (tertiary/aromatic N) is 1. The molecule has 1 aromatic carbocycles. The first kappa shape index (κ1) is 19.0. The largest absolute Gasteiger partial charge is 0.497 e. The van der Waals surface area contributed by atoms with E-state index in [0.717, 1.165) is 10.5 Å². The molecule has 2 rings (SSSR count). The van der Waals surface area contributed by atoms with E-state index in [1.165, 1.54) is 0 Å². The molecule has 1 aliphatic rings. The van der Waals surface area contributed by atoms with E-state index in [0.29, 0.717) is 12.2 Å². The van der Waals surface area contributed by atoms with Gasteiger partial charge in [0.2, 0.25) is 21.8 Å². The van der Waals surface area contributed by atoms with Gasteiger partial charge < -0.3 is 4.74 Å². The molecule has 0 bridgehead atoms. The topological polar surface area (TPSA) is 92.8 Å². The van der Waals surface area contributed by atoms with Crippen LogP contribution < -0.4 is 9.46 Å². The predicted molar refractivity (Wildman–Crippen MR) is 92.2 cm³/mol. The summed E-state index contributed by atoms with van der Waals surface area (Å²) >= 11 is 0. The van der Waals surface area contributed by atoms with E-state index in [-0.39, 0.29) is 43.5 Å². The Bertz CT molecular complexity index is 775. The molecule has 0 unspecified atom stereocenters. The summed E-state index contributed by atoms with van der Waals surface area (Å²) in [6.07, 6.45) is 1.10. The first-order valence-electron chi connectivity index (χ1n) is 7.85. The van der Waals surface area contributed by atoms with Crippen molar-refractivity contribution in [3.05, 3.63) is 29.8 Å². The van der Waals surface area contributed by atoms with Crippen LogP contribution in [0.1, 0.15) is 24.8 Å². The number of sulfonamides is 1. The smallest absolute Gasteiger partial charge is 0.229 e. The Morgan fingerprint density at radius 1 is 1.16 bits per heavy atom. The van der Waals surface area contributed by atoms with Crippen molar-refractivity contribution >= 4 is 21.8 Å². The summed E-state index contributed by atoms with van der Waals surface area (Å²) in [5.74, 6) is 5.32. The number of ether oxygens (including phenoxy) is 1. The van der Waals surface area contributed by atoms with Crippen molar-refractivity contribution in [2.75, 3.05) is 26.0 Å². The second-order valence-electron chi connectivity index (χ2n) is 5.46. The van der Waals surface area contributed by atoms with Crippen LogP contribution in [0.5, 0.6) is 5.75 Å². The number of hydrogen-bond acceptors (Lipinski definition) is 5. The highest BCUT2D eigenvalue weighted by molar-refractivity contribution is 7.89. The Balaban J connectivity index is 1.82. The summed E-state index contributed by atoms with van der Waals surface area (Å²) in [5, 5.41) is 0. The Labute approximate surface area is 147 Å². The van der Waals surface area contributed by atoms with Crippen molar-refractivity contribution in [2.45, 2.75) is 19.3 Å². The normalized spacial score (nSPS) is 14.8. The minimum absolute atomic E-state index is 0.0454. The molecule has 0 spiro atoms. The number of carbonyl (C=O) groups is 2. The minimum atomic E-state index is -3.61. The Kier molecular flexibility index (Phi) is 6.56. The molecule has 1 fully saturated rings. The van der Waals surface area contributed by atoms with Gasteiger partial charge in [0.25, 0.3) is 0 Å². The molecule has 8 heteroatoms. The number of methoxy groups -OCH3 is 1. The fourth-order valence-electron chi connectivity index (χ4n) is 2.30. The maximum Gasteiger partial charge on any atom is 0.229 e. The minimum Gasteiger partial charge on any atom is -0.497 e. The maximum absolute atomic E-state index is 11.9. The molecule has 0 aromatic heterocycles. The number of rotatable bonds is 6. The van der Waals surface area contributed by atoms with E-state index in [1.807, 2.05) is 0 Å². The van der Waals surface area contributed by atoms with Gasteiger partial charge in [0.05, 0.1) is 19.4 Å². The number of benzene rings is 1. The Morgan fingerprint density at radius 3 is 2.40 bits per heavy atom. The molecule has 25 heavy (non-hydrogen) atoms. The summed E-state index contributed by atoms with van der Waals surface area (Å²) in [5.41, 5.74) is 0.740. The highest BCUT2D eigenvalue weighted by atomic mass is 32.2. The number of hydrogen-bond donors (Lipinski definition) is 1. The number of amides is 2. The summed E-state index contributed by atoms with van der Waals surface area (Å²) in [4.78, 5) is 24.3. The molecule has 1 heterocycles. The number of piperidine rings is 1.